The first-order valence-electron chi connectivity index (χ1n) is 9.31. The molecule has 3 aromatic carbocycles. The maximum atomic E-state index is 14.1. The van der Waals surface area contributed by atoms with Crippen molar-refractivity contribution in [1.29, 1.82) is 0 Å². The van der Waals surface area contributed by atoms with E-state index in [0.717, 1.165) is 16.7 Å². The van der Waals surface area contributed by atoms with Crippen molar-refractivity contribution >= 4 is 0 Å². The Morgan fingerprint density at radius 1 is 0.867 bits per heavy atom. The van der Waals surface area contributed by atoms with E-state index in [4.69, 9.17) is 9.47 Å². The zero-order valence-corrected chi connectivity index (χ0v) is 16.1. The molecule has 0 heterocycles. The van der Waals surface area contributed by atoms with Gasteiger partial charge in [0, 0.05) is 0 Å². The molecular weight excluding hydrogens is 396 g/mol. The van der Waals surface area contributed by atoms with Gasteiger partial charge in [-0.15, -0.1) is 6.58 Å². The molecule has 0 fully saturated rings. The highest BCUT2D eigenvalue weighted by Crippen LogP contribution is 2.27. The highest BCUT2D eigenvalue weighted by Gasteiger charge is 2.33. The van der Waals surface area contributed by atoms with Crippen LogP contribution < -0.4 is 9.47 Å². The van der Waals surface area contributed by atoms with Gasteiger partial charge in [0.25, 0.3) is 0 Å². The lowest BCUT2D eigenvalue weighted by atomic mass is 10.1. The molecular formula is C24H20F4O2. The summed E-state index contributed by atoms with van der Waals surface area (Å²) < 4.78 is 64.9. The predicted molar refractivity (Wildman–Crippen MR) is 108 cm³/mol. The van der Waals surface area contributed by atoms with Crippen LogP contribution in [-0.4, -0.2) is 12.7 Å². The molecule has 0 bridgehead atoms. The molecule has 0 aliphatic rings. The van der Waals surface area contributed by atoms with E-state index in [0.29, 0.717) is 12.8 Å². The third kappa shape index (κ3) is 5.86. The van der Waals surface area contributed by atoms with E-state index in [1.165, 1.54) is 36.4 Å². The van der Waals surface area contributed by atoms with Gasteiger partial charge in [-0.2, -0.15) is 8.78 Å². The molecule has 0 aromatic heterocycles. The van der Waals surface area contributed by atoms with Crippen molar-refractivity contribution in [2.24, 2.45) is 0 Å². The maximum Gasteiger partial charge on any atom is 0.432 e. The molecule has 0 unspecified atom stereocenters. The number of hydrogen-bond donors (Lipinski definition) is 0. The number of rotatable bonds is 9. The summed E-state index contributed by atoms with van der Waals surface area (Å²) in [6, 6.07) is 15.9. The van der Waals surface area contributed by atoms with E-state index in [9.17, 15) is 17.6 Å². The van der Waals surface area contributed by atoms with Crippen molar-refractivity contribution in [3.63, 3.8) is 0 Å². The number of ether oxygens (including phenoxy) is 2. The van der Waals surface area contributed by atoms with E-state index < -0.39 is 18.5 Å². The number of hydrogen-bond acceptors (Lipinski definition) is 2. The number of halogens is 4. The monoisotopic (exact) mass is 416 g/mol. The first kappa shape index (κ1) is 21.4. The standard InChI is InChI=1S/C24H20F4O2/c1-2-3-4-17-5-14-23(22(26)15-17)29-16-24(27,28)30-21-12-8-19(9-13-21)18-6-10-20(25)11-7-18/h2,5-15H,1,3-4,16H2. The van der Waals surface area contributed by atoms with Crippen molar-refractivity contribution in [3.05, 3.63) is 96.6 Å². The van der Waals surface area contributed by atoms with Crippen molar-refractivity contribution in [3.8, 4) is 22.6 Å². The van der Waals surface area contributed by atoms with Gasteiger partial charge in [-0.1, -0.05) is 36.4 Å². The van der Waals surface area contributed by atoms with Crippen LogP contribution in [0, 0.1) is 11.6 Å². The van der Waals surface area contributed by atoms with Gasteiger partial charge in [-0.05, 0) is 65.9 Å². The van der Waals surface area contributed by atoms with Crippen LogP contribution in [0.4, 0.5) is 17.6 Å². The van der Waals surface area contributed by atoms with Crippen LogP contribution in [0.25, 0.3) is 11.1 Å². The smallest absolute Gasteiger partial charge is 0.432 e. The Kier molecular flexibility index (Phi) is 6.77. The first-order chi connectivity index (χ1) is 14.4. The molecule has 0 amide bonds. The fourth-order valence-electron chi connectivity index (χ4n) is 2.81. The average molecular weight is 416 g/mol. The minimum Gasteiger partial charge on any atom is -0.480 e. The highest BCUT2D eigenvalue weighted by molar-refractivity contribution is 5.64. The number of benzene rings is 3. The molecule has 2 nitrogen and oxygen atoms in total. The Bertz CT molecular complexity index is 983. The quantitative estimate of drug-likeness (QED) is 0.282. The summed E-state index contributed by atoms with van der Waals surface area (Å²) in [7, 11) is 0. The fourth-order valence-corrected chi connectivity index (χ4v) is 2.81. The van der Waals surface area contributed by atoms with Crippen molar-refractivity contribution in [1.82, 2.24) is 0 Å². The molecule has 0 saturated carbocycles. The topological polar surface area (TPSA) is 18.5 Å². The molecule has 0 aliphatic heterocycles. The lowest BCUT2D eigenvalue weighted by Crippen LogP contribution is -2.32. The van der Waals surface area contributed by atoms with Crippen LogP contribution in [0.1, 0.15) is 12.0 Å². The van der Waals surface area contributed by atoms with Gasteiger partial charge >= 0.3 is 6.11 Å². The van der Waals surface area contributed by atoms with Crippen LogP contribution in [-0.2, 0) is 6.42 Å². The highest BCUT2D eigenvalue weighted by atomic mass is 19.3. The molecule has 6 heteroatoms. The molecule has 0 saturated heterocycles. The molecule has 0 N–H and O–H groups in total. The van der Waals surface area contributed by atoms with Crippen LogP contribution in [0.3, 0.4) is 0 Å². The lowest BCUT2D eigenvalue weighted by Gasteiger charge is -2.19. The Morgan fingerprint density at radius 2 is 1.50 bits per heavy atom. The van der Waals surface area contributed by atoms with Crippen LogP contribution in [0.2, 0.25) is 0 Å². The first-order valence-corrected chi connectivity index (χ1v) is 9.31. The molecule has 3 rings (SSSR count). The molecule has 156 valence electrons. The second-order valence-corrected chi connectivity index (χ2v) is 6.65. The Labute approximate surface area is 172 Å². The lowest BCUT2D eigenvalue weighted by molar-refractivity contribution is -0.195. The third-order valence-electron chi connectivity index (χ3n) is 4.33. The summed E-state index contributed by atoms with van der Waals surface area (Å²) >= 11 is 0. The molecule has 0 atom stereocenters. The largest absolute Gasteiger partial charge is 0.480 e. The number of alkyl halides is 2. The zero-order chi connectivity index (χ0) is 21.6. The molecule has 30 heavy (non-hydrogen) atoms. The minimum absolute atomic E-state index is 0.0743. The van der Waals surface area contributed by atoms with E-state index >= 15 is 0 Å². The fraction of sp³-hybridized carbons (Fsp3) is 0.167. The van der Waals surface area contributed by atoms with Crippen LogP contribution >= 0.6 is 0 Å². The normalized spacial score (nSPS) is 11.2. The summed E-state index contributed by atoms with van der Waals surface area (Å²) in [5.74, 6) is -1.42. The van der Waals surface area contributed by atoms with Crippen LogP contribution in [0.5, 0.6) is 11.5 Å². The van der Waals surface area contributed by atoms with Gasteiger partial charge in [0.15, 0.2) is 18.2 Å². The average Bonchev–Trinajstić information content (AvgIpc) is 2.72. The third-order valence-corrected chi connectivity index (χ3v) is 4.33. The molecule has 0 aliphatic carbocycles. The van der Waals surface area contributed by atoms with E-state index in [1.54, 1.807) is 36.4 Å². The van der Waals surface area contributed by atoms with E-state index in [1.807, 2.05) is 0 Å². The number of aryl methyl sites for hydroxylation is 1. The van der Waals surface area contributed by atoms with Gasteiger partial charge in [-0.3, -0.25) is 0 Å². The van der Waals surface area contributed by atoms with Crippen molar-refractivity contribution in [2.75, 3.05) is 6.61 Å². The molecule has 0 radical (unpaired) electrons. The summed E-state index contributed by atoms with van der Waals surface area (Å²) in [5.41, 5.74) is 2.19. The maximum absolute atomic E-state index is 14.1. The SMILES string of the molecule is C=CCCc1ccc(OCC(F)(F)Oc2ccc(-c3ccc(F)cc3)cc2)c(F)c1. The zero-order valence-electron chi connectivity index (χ0n) is 16.1. The summed E-state index contributed by atoms with van der Waals surface area (Å²) in [6.07, 6.45) is -0.656. The minimum atomic E-state index is -3.66. The van der Waals surface area contributed by atoms with Gasteiger partial charge in [0.05, 0.1) is 0 Å². The second kappa shape index (κ2) is 9.48. The van der Waals surface area contributed by atoms with E-state index in [-0.39, 0.29) is 17.3 Å². The van der Waals surface area contributed by atoms with Crippen molar-refractivity contribution in [2.45, 2.75) is 19.0 Å². The van der Waals surface area contributed by atoms with E-state index in [2.05, 4.69) is 6.58 Å². The van der Waals surface area contributed by atoms with Crippen molar-refractivity contribution < 1.29 is 27.0 Å². The Morgan fingerprint density at radius 3 is 2.10 bits per heavy atom. The summed E-state index contributed by atoms with van der Waals surface area (Å²) in [6.45, 7) is 2.46. The van der Waals surface area contributed by atoms with Gasteiger partial charge in [0.1, 0.15) is 11.6 Å². The van der Waals surface area contributed by atoms with Gasteiger partial charge in [0.2, 0.25) is 0 Å². The Balaban J connectivity index is 1.59. The Hall–Kier alpha value is -3.28. The number of allylic oxidation sites excluding steroid dienone is 1. The second-order valence-electron chi connectivity index (χ2n) is 6.65. The predicted octanol–water partition coefficient (Wildman–Crippen LogP) is 6.80. The molecule has 0 spiro atoms. The van der Waals surface area contributed by atoms with Gasteiger partial charge in [-0.25, -0.2) is 8.78 Å². The van der Waals surface area contributed by atoms with Gasteiger partial charge < -0.3 is 9.47 Å². The molecule has 3 aromatic rings. The summed E-state index contributed by atoms with van der Waals surface area (Å²) in [4.78, 5) is 0. The summed E-state index contributed by atoms with van der Waals surface area (Å²) in [5, 5.41) is 0. The van der Waals surface area contributed by atoms with Crippen LogP contribution in [0.15, 0.2) is 79.4 Å².